The molecule has 122 valence electrons. The van der Waals surface area contributed by atoms with Crippen LogP contribution in [0.3, 0.4) is 0 Å². The normalized spacial score (nSPS) is 10.6. The zero-order valence-electron chi connectivity index (χ0n) is 14.1. The predicted molar refractivity (Wildman–Crippen MR) is 96.5 cm³/mol. The number of amides is 1. The van der Waals surface area contributed by atoms with Crippen molar-refractivity contribution >= 4 is 22.5 Å². The van der Waals surface area contributed by atoms with Crippen LogP contribution in [-0.2, 0) is 4.79 Å². The van der Waals surface area contributed by atoms with Crippen molar-refractivity contribution in [3.8, 4) is 5.75 Å². The van der Waals surface area contributed by atoms with E-state index in [-0.39, 0.29) is 12.5 Å². The quantitative estimate of drug-likeness (QED) is 0.784. The van der Waals surface area contributed by atoms with Gasteiger partial charge in [0.15, 0.2) is 6.61 Å². The van der Waals surface area contributed by atoms with Crippen LogP contribution < -0.4 is 10.1 Å². The monoisotopic (exact) mass is 320 g/mol. The zero-order valence-corrected chi connectivity index (χ0v) is 14.1. The van der Waals surface area contributed by atoms with Crippen LogP contribution >= 0.6 is 0 Å². The van der Waals surface area contributed by atoms with Gasteiger partial charge in [-0.1, -0.05) is 24.3 Å². The summed E-state index contributed by atoms with van der Waals surface area (Å²) in [6.45, 7) is 5.90. The van der Waals surface area contributed by atoms with Gasteiger partial charge in [-0.25, -0.2) is 0 Å². The lowest BCUT2D eigenvalue weighted by atomic mass is 10.1. The zero-order chi connectivity index (χ0) is 17.1. The summed E-state index contributed by atoms with van der Waals surface area (Å²) in [5.41, 5.74) is 4.62. The molecule has 4 nitrogen and oxygen atoms in total. The molecule has 2 aromatic carbocycles. The summed E-state index contributed by atoms with van der Waals surface area (Å²) in [7, 11) is 0. The summed E-state index contributed by atoms with van der Waals surface area (Å²) in [5, 5.41) is 3.88. The molecule has 0 spiro atoms. The number of aryl methyl sites for hydroxylation is 3. The summed E-state index contributed by atoms with van der Waals surface area (Å²) in [4.78, 5) is 16.7. The van der Waals surface area contributed by atoms with E-state index in [1.54, 1.807) is 0 Å². The first-order chi connectivity index (χ1) is 11.5. The number of carbonyl (C=O) groups excluding carboxylic acids is 1. The van der Waals surface area contributed by atoms with Gasteiger partial charge in [0.25, 0.3) is 5.91 Å². The topological polar surface area (TPSA) is 51.2 Å². The number of fused-ring (bicyclic) bond motifs is 1. The minimum Gasteiger partial charge on any atom is -0.484 e. The number of pyridine rings is 1. The molecule has 0 aliphatic heterocycles. The number of aromatic nitrogens is 1. The first kappa shape index (κ1) is 16.0. The van der Waals surface area contributed by atoms with Gasteiger partial charge in [0, 0.05) is 11.1 Å². The van der Waals surface area contributed by atoms with Crippen LogP contribution in [-0.4, -0.2) is 17.5 Å². The third kappa shape index (κ3) is 3.71. The van der Waals surface area contributed by atoms with Crippen LogP contribution in [0.4, 0.5) is 5.69 Å². The number of rotatable bonds is 4. The van der Waals surface area contributed by atoms with Crippen LogP contribution in [0.5, 0.6) is 5.75 Å². The van der Waals surface area contributed by atoms with Gasteiger partial charge in [0.05, 0.1) is 11.2 Å². The van der Waals surface area contributed by atoms with Gasteiger partial charge in [0.2, 0.25) is 0 Å². The average Bonchev–Trinajstić information content (AvgIpc) is 2.53. The Morgan fingerprint density at radius 3 is 2.54 bits per heavy atom. The molecular weight excluding hydrogens is 300 g/mol. The molecule has 0 aliphatic carbocycles. The van der Waals surface area contributed by atoms with Crippen molar-refractivity contribution in [3.05, 3.63) is 65.4 Å². The Hall–Kier alpha value is -2.88. The number of hydrogen-bond donors (Lipinski definition) is 1. The molecule has 0 saturated heterocycles. The van der Waals surface area contributed by atoms with Crippen molar-refractivity contribution in [1.29, 1.82) is 0 Å². The van der Waals surface area contributed by atoms with Crippen molar-refractivity contribution in [3.63, 3.8) is 0 Å². The molecular formula is C20H20N2O2. The number of anilines is 1. The van der Waals surface area contributed by atoms with E-state index in [1.807, 2.05) is 63.2 Å². The number of hydrogen-bond acceptors (Lipinski definition) is 3. The number of benzene rings is 2. The summed E-state index contributed by atoms with van der Waals surface area (Å²) in [6.07, 6.45) is 0. The lowest BCUT2D eigenvalue weighted by molar-refractivity contribution is -0.118. The lowest BCUT2D eigenvalue weighted by Gasteiger charge is -2.10. The largest absolute Gasteiger partial charge is 0.484 e. The highest BCUT2D eigenvalue weighted by atomic mass is 16.5. The predicted octanol–water partition coefficient (Wildman–Crippen LogP) is 4.18. The fourth-order valence-electron chi connectivity index (χ4n) is 2.70. The molecule has 0 fully saturated rings. The Bertz CT molecular complexity index is 883. The standard InChI is InChI=1S/C20H20N2O2/c1-13-9-14(2)11-17(10-13)24-12-19(23)22-18-6-4-5-16-8-7-15(3)21-20(16)18/h4-11H,12H2,1-3H3,(H,22,23). The lowest BCUT2D eigenvalue weighted by Crippen LogP contribution is -2.20. The highest BCUT2D eigenvalue weighted by Gasteiger charge is 2.08. The number of carbonyl (C=O) groups is 1. The van der Waals surface area contributed by atoms with Crippen LogP contribution in [0.1, 0.15) is 16.8 Å². The van der Waals surface area contributed by atoms with Crippen molar-refractivity contribution in [2.24, 2.45) is 0 Å². The summed E-state index contributed by atoms with van der Waals surface area (Å²) in [5.74, 6) is 0.500. The minimum absolute atomic E-state index is 0.0366. The smallest absolute Gasteiger partial charge is 0.262 e. The van der Waals surface area contributed by atoms with Gasteiger partial charge in [-0.3, -0.25) is 9.78 Å². The second kappa shape index (κ2) is 6.71. The fraction of sp³-hybridized carbons (Fsp3) is 0.200. The average molecular weight is 320 g/mol. The molecule has 1 aromatic heterocycles. The molecule has 1 N–H and O–H groups in total. The van der Waals surface area contributed by atoms with Gasteiger partial charge >= 0.3 is 0 Å². The van der Waals surface area contributed by atoms with Crippen molar-refractivity contribution in [1.82, 2.24) is 4.98 Å². The van der Waals surface area contributed by atoms with E-state index >= 15 is 0 Å². The Morgan fingerprint density at radius 2 is 1.79 bits per heavy atom. The van der Waals surface area contributed by atoms with Crippen molar-refractivity contribution in [2.45, 2.75) is 20.8 Å². The maximum absolute atomic E-state index is 12.2. The van der Waals surface area contributed by atoms with Crippen molar-refractivity contribution < 1.29 is 9.53 Å². The minimum atomic E-state index is -0.204. The molecule has 0 bridgehead atoms. The van der Waals surface area contributed by atoms with E-state index in [0.29, 0.717) is 11.4 Å². The Labute approximate surface area is 141 Å². The highest BCUT2D eigenvalue weighted by Crippen LogP contribution is 2.22. The van der Waals surface area contributed by atoms with Crippen molar-refractivity contribution in [2.75, 3.05) is 11.9 Å². The maximum Gasteiger partial charge on any atom is 0.262 e. The molecule has 24 heavy (non-hydrogen) atoms. The molecule has 0 saturated carbocycles. The third-order valence-electron chi connectivity index (χ3n) is 3.70. The van der Waals surface area contributed by atoms with Crippen LogP contribution in [0.15, 0.2) is 48.5 Å². The Kier molecular flexibility index (Phi) is 4.47. The molecule has 3 aromatic rings. The van der Waals surface area contributed by atoms with E-state index in [9.17, 15) is 4.79 Å². The molecule has 4 heteroatoms. The second-order valence-electron chi connectivity index (χ2n) is 5.99. The molecule has 0 atom stereocenters. The van der Waals surface area contributed by atoms with Gasteiger partial charge < -0.3 is 10.1 Å². The third-order valence-corrected chi connectivity index (χ3v) is 3.70. The van der Waals surface area contributed by atoms with Crippen LogP contribution in [0.2, 0.25) is 0 Å². The van der Waals surface area contributed by atoms with Gasteiger partial charge in [-0.15, -0.1) is 0 Å². The number of nitrogens with one attached hydrogen (secondary N) is 1. The maximum atomic E-state index is 12.2. The van der Waals surface area contributed by atoms with Gasteiger partial charge in [0.1, 0.15) is 5.75 Å². The van der Waals surface area contributed by atoms with E-state index in [0.717, 1.165) is 27.7 Å². The van der Waals surface area contributed by atoms with Crippen LogP contribution in [0, 0.1) is 20.8 Å². The number of para-hydroxylation sites is 1. The summed E-state index contributed by atoms with van der Waals surface area (Å²) >= 11 is 0. The molecule has 0 unspecified atom stereocenters. The molecule has 1 amide bonds. The number of ether oxygens (including phenoxy) is 1. The molecule has 0 radical (unpaired) electrons. The van der Waals surface area contributed by atoms with E-state index < -0.39 is 0 Å². The number of nitrogens with zero attached hydrogens (tertiary/aromatic N) is 1. The van der Waals surface area contributed by atoms with Gasteiger partial charge in [-0.05, 0) is 56.2 Å². The van der Waals surface area contributed by atoms with E-state index in [1.165, 1.54) is 0 Å². The molecule has 3 rings (SSSR count). The SMILES string of the molecule is Cc1cc(C)cc(OCC(=O)Nc2cccc3ccc(C)nc23)c1. The fourth-order valence-corrected chi connectivity index (χ4v) is 2.70. The Balaban J connectivity index is 1.72. The first-order valence-electron chi connectivity index (χ1n) is 7.88. The highest BCUT2D eigenvalue weighted by molar-refractivity contribution is 6.00. The van der Waals surface area contributed by atoms with Gasteiger partial charge in [-0.2, -0.15) is 0 Å². The second-order valence-corrected chi connectivity index (χ2v) is 5.99. The van der Waals surface area contributed by atoms with E-state index in [2.05, 4.69) is 16.4 Å². The molecule has 1 heterocycles. The Morgan fingerprint density at radius 1 is 1.04 bits per heavy atom. The van der Waals surface area contributed by atoms with Crippen LogP contribution in [0.25, 0.3) is 10.9 Å². The first-order valence-corrected chi connectivity index (χ1v) is 7.88. The van der Waals surface area contributed by atoms with E-state index in [4.69, 9.17) is 4.74 Å². The molecule has 0 aliphatic rings. The summed E-state index contributed by atoms with van der Waals surface area (Å²) < 4.78 is 5.61. The summed E-state index contributed by atoms with van der Waals surface area (Å²) in [6, 6.07) is 15.6.